The molecule has 1 aromatic carbocycles. The van der Waals surface area contributed by atoms with E-state index in [2.05, 4.69) is 4.72 Å². The van der Waals surface area contributed by atoms with Crippen LogP contribution in [-0.4, -0.2) is 28.2 Å². The van der Waals surface area contributed by atoms with Crippen LogP contribution in [0.1, 0.15) is 19.4 Å². The summed E-state index contributed by atoms with van der Waals surface area (Å²) in [5, 5.41) is 0.465. The first-order chi connectivity index (χ1) is 9.36. The minimum Gasteiger partial charge on any atom is -0.380 e. The van der Waals surface area contributed by atoms with Gasteiger partial charge in [-0.1, -0.05) is 25.4 Å². The summed E-state index contributed by atoms with van der Waals surface area (Å²) in [6.45, 7) is 5.45. The summed E-state index contributed by atoms with van der Waals surface area (Å²) in [7, 11) is -3.55. The van der Waals surface area contributed by atoms with Gasteiger partial charge in [0.15, 0.2) is 0 Å². The molecule has 0 aliphatic heterocycles. The predicted molar refractivity (Wildman–Crippen MR) is 80.2 cm³/mol. The summed E-state index contributed by atoms with van der Waals surface area (Å²) in [6.07, 6.45) is 0. The monoisotopic (exact) mass is 320 g/mol. The summed E-state index contributed by atoms with van der Waals surface area (Å²) in [4.78, 5) is 0.159. The average molecular weight is 321 g/mol. The van der Waals surface area contributed by atoms with E-state index >= 15 is 0 Å². The zero-order valence-corrected chi connectivity index (χ0v) is 13.3. The van der Waals surface area contributed by atoms with Crippen molar-refractivity contribution in [1.29, 1.82) is 0 Å². The Balaban J connectivity index is 2.60. The Morgan fingerprint density at radius 1 is 1.40 bits per heavy atom. The van der Waals surface area contributed by atoms with Crippen LogP contribution in [0.25, 0.3) is 0 Å². The van der Waals surface area contributed by atoms with E-state index < -0.39 is 10.0 Å². The summed E-state index contributed by atoms with van der Waals surface area (Å²) in [5.41, 5.74) is 6.11. The molecule has 7 heteroatoms. The summed E-state index contributed by atoms with van der Waals surface area (Å²) in [6, 6.07) is 4.48. The van der Waals surface area contributed by atoms with Gasteiger partial charge in [-0.05, 0) is 29.7 Å². The Kier molecular flexibility index (Phi) is 6.91. The highest BCUT2D eigenvalue weighted by molar-refractivity contribution is 7.89. The van der Waals surface area contributed by atoms with Crippen LogP contribution in [0.4, 0.5) is 0 Å². The van der Waals surface area contributed by atoms with Crippen molar-refractivity contribution in [3.63, 3.8) is 0 Å². The Labute approximate surface area is 125 Å². The predicted octanol–water partition coefficient (Wildman–Crippen LogP) is 1.75. The molecule has 0 atom stereocenters. The van der Waals surface area contributed by atoms with E-state index in [1.807, 2.05) is 13.8 Å². The van der Waals surface area contributed by atoms with Crippen molar-refractivity contribution in [1.82, 2.24) is 4.72 Å². The lowest BCUT2D eigenvalue weighted by molar-refractivity contribution is 0.114. The van der Waals surface area contributed by atoms with Crippen LogP contribution in [0, 0.1) is 5.92 Å². The lowest BCUT2D eigenvalue weighted by Crippen LogP contribution is -2.28. The van der Waals surface area contributed by atoms with Crippen LogP contribution in [0.5, 0.6) is 0 Å². The first-order valence-corrected chi connectivity index (χ1v) is 8.29. The molecule has 0 aromatic heterocycles. The van der Waals surface area contributed by atoms with Crippen LogP contribution in [-0.2, 0) is 21.3 Å². The minimum absolute atomic E-state index is 0.159. The topological polar surface area (TPSA) is 81.4 Å². The van der Waals surface area contributed by atoms with Crippen molar-refractivity contribution < 1.29 is 13.2 Å². The molecule has 20 heavy (non-hydrogen) atoms. The van der Waals surface area contributed by atoms with Gasteiger partial charge >= 0.3 is 0 Å². The molecule has 0 aliphatic carbocycles. The molecule has 0 saturated carbocycles. The average Bonchev–Trinajstić information content (AvgIpc) is 2.38. The Hall–Kier alpha value is -0.660. The van der Waals surface area contributed by atoms with Gasteiger partial charge in [0.25, 0.3) is 0 Å². The summed E-state index contributed by atoms with van der Waals surface area (Å²) >= 11 is 5.91. The molecule has 0 bridgehead atoms. The first-order valence-electron chi connectivity index (χ1n) is 6.42. The first kappa shape index (κ1) is 17.4. The maximum absolute atomic E-state index is 12.1. The van der Waals surface area contributed by atoms with Gasteiger partial charge in [0.1, 0.15) is 0 Å². The molecule has 0 amide bonds. The Morgan fingerprint density at radius 2 is 2.10 bits per heavy atom. The number of halogens is 1. The zero-order valence-electron chi connectivity index (χ0n) is 11.7. The third kappa shape index (κ3) is 5.38. The molecule has 0 heterocycles. The molecule has 1 aromatic rings. The quantitative estimate of drug-likeness (QED) is 0.715. The maximum Gasteiger partial charge on any atom is 0.240 e. The standard InChI is InChI=1S/C13H21ClN2O3S/c1-10(2)9-19-6-5-16-20(17,18)12-3-4-13(14)11(7-12)8-15/h3-4,7,10,16H,5-6,8-9,15H2,1-2H3. The Morgan fingerprint density at radius 3 is 2.70 bits per heavy atom. The number of ether oxygens (including phenoxy) is 1. The van der Waals surface area contributed by atoms with Gasteiger partial charge in [-0.25, -0.2) is 13.1 Å². The molecule has 0 aliphatic rings. The zero-order chi connectivity index (χ0) is 15.2. The highest BCUT2D eigenvalue weighted by atomic mass is 35.5. The number of sulfonamides is 1. The van der Waals surface area contributed by atoms with Crippen molar-refractivity contribution in [3.05, 3.63) is 28.8 Å². The second-order valence-corrected chi connectivity index (χ2v) is 7.00. The maximum atomic E-state index is 12.1. The van der Waals surface area contributed by atoms with Crippen molar-refractivity contribution in [2.75, 3.05) is 19.8 Å². The molecule has 3 N–H and O–H groups in total. The summed E-state index contributed by atoms with van der Waals surface area (Å²) in [5.74, 6) is 0.426. The number of nitrogens with one attached hydrogen (secondary N) is 1. The van der Waals surface area contributed by atoms with Crippen LogP contribution in [0.3, 0.4) is 0 Å². The van der Waals surface area contributed by atoms with Crippen molar-refractivity contribution in [2.45, 2.75) is 25.3 Å². The Bertz CT molecular complexity index is 532. The molecular formula is C13H21ClN2O3S. The highest BCUT2D eigenvalue weighted by Gasteiger charge is 2.14. The number of hydrogen-bond acceptors (Lipinski definition) is 4. The third-order valence-corrected chi connectivity index (χ3v) is 4.36. The number of nitrogens with two attached hydrogens (primary N) is 1. The highest BCUT2D eigenvalue weighted by Crippen LogP contribution is 2.19. The SMILES string of the molecule is CC(C)COCCNS(=O)(=O)c1ccc(Cl)c(CN)c1. The second kappa shape index (κ2) is 7.95. The molecule has 0 saturated heterocycles. The van der Waals surface area contributed by atoms with E-state index in [4.69, 9.17) is 22.1 Å². The lowest BCUT2D eigenvalue weighted by atomic mass is 10.2. The molecule has 0 unspecified atom stereocenters. The van der Waals surface area contributed by atoms with Gasteiger partial charge < -0.3 is 10.5 Å². The molecule has 114 valence electrons. The molecule has 1 rings (SSSR count). The van der Waals surface area contributed by atoms with Crippen LogP contribution < -0.4 is 10.5 Å². The largest absolute Gasteiger partial charge is 0.380 e. The van der Waals surface area contributed by atoms with Crippen molar-refractivity contribution in [2.24, 2.45) is 11.7 Å². The smallest absolute Gasteiger partial charge is 0.240 e. The van der Waals surface area contributed by atoms with E-state index in [1.54, 1.807) is 0 Å². The van der Waals surface area contributed by atoms with E-state index in [0.29, 0.717) is 29.7 Å². The fourth-order valence-electron chi connectivity index (χ4n) is 1.53. The van der Waals surface area contributed by atoms with Crippen LogP contribution in [0.15, 0.2) is 23.1 Å². The van der Waals surface area contributed by atoms with Gasteiger partial charge in [-0.2, -0.15) is 0 Å². The van der Waals surface area contributed by atoms with E-state index in [9.17, 15) is 8.42 Å². The fourth-order valence-corrected chi connectivity index (χ4v) is 2.78. The minimum atomic E-state index is -3.55. The van der Waals surface area contributed by atoms with Gasteiger partial charge in [0.2, 0.25) is 10.0 Å². The summed E-state index contributed by atoms with van der Waals surface area (Å²) < 4.78 is 31.9. The van der Waals surface area contributed by atoms with Crippen molar-refractivity contribution >= 4 is 21.6 Å². The van der Waals surface area contributed by atoms with Crippen LogP contribution >= 0.6 is 11.6 Å². The van der Waals surface area contributed by atoms with Gasteiger partial charge in [0.05, 0.1) is 11.5 Å². The third-order valence-electron chi connectivity index (χ3n) is 2.54. The van der Waals surface area contributed by atoms with Gasteiger partial charge in [-0.3, -0.25) is 0 Å². The molecule has 0 fully saturated rings. The van der Waals surface area contributed by atoms with Gasteiger partial charge in [0, 0.05) is 24.7 Å². The van der Waals surface area contributed by atoms with E-state index in [0.717, 1.165) is 0 Å². The molecule has 0 radical (unpaired) electrons. The second-order valence-electron chi connectivity index (χ2n) is 4.82. The lowest BCUT2D eigenvalue weighted by Gasteiger charge is -2.10. The number of benzene rings is 1. The fraction of sp³-hybridized carbons (Fsp3) is 0.538. The van der Waals surface area contributed by atoms with E-state index in [-0.39, 0.29) is 18.0 Å². The van der Waals surface area contributed by atoms with Gasteiger partial charge in [-0.15, -0.1) is 0 Å². The molecular weight excluding hydrogens is 300 g/mol. The van der Waals surface area contributed by atoms with Crippen LogP contribution in [0.2, 0.25) is 5.02 Å². The van der Waals surface area contributed by atoms with E-state index in [1.165, 1.54) is 18.2 Å². The normalized spacial score (nSPS) is 12.1. The molecule has 0 spiro atoms. The molecule has 5 nitrogen and oxygen atoms in total. The number of hydrogen-bond donors (Lipinski definition) is 2. The number of rotatable bonds is 8. The van der Waals surface area contributed by atoms with Crippen molar-refractivity contribution in [3.8, 4) is 0 Å².